The Bertz CT molecular complexity index is 1580. The molecule has 0 radical (unpaired) electrons. The summed E-state index contributed by atoms with van der Waals surface area (Å²) in [6.45, 7) is 13.0. The lowest BCUT2D eigenvalue weighted by molar-refractivity contribution is -0.110. The number of ether oxygens (including phenoxy) is 2. The molecule has 1 N–H and O–H groups in total. The second-order valence-corrected chi connectivity index (χ2v) is 11.5. The summed E-state index contributed by atoms with van der Waals surface area (Å²) in [5.74, 6) is 0.899. The zero-order valence-electron chi connectivity index (χ0n) is 25.0. The Morgan fingerprint density at radius 1 is 1.02 bits per heavy atom. The van der Waals surface area contributed by atoms with E-state index in [1.165, 1.54) is 7.11 Å². The van der Waals surface area contributed by atoms with Gasteiger partial charge in [-0.1, -0.05) is 62.3 Å². The van der Waals surface area contributed by atoms with Crippen molar-refractivity contribution in [2.75, 3.05) is 51.9 Å². The lowest BCUT2D eigenvalue weighted by Gasteiger charge is -2.26. The van der Waals surface area contributed by atoms with Gasteiger partial charge in [0.05, 0.1) is 24.6 Å². The van der Waals surface area contributed by atoms with Gasteiger partial charge in [0.15, 0.2) is 5.71 Å². The van der Waals surface area contributed by atoms with E-state index in [9.17, 15) is 4.79 Å². The van der Waals surface area contributed by atoms with Crippen LogP contribution in [0, 0.1) is 6.92 Å². The lowest BCUT2D eigenvalue weighted by Crippen LogP contribution is -2.38. The number of aryl methyl sites for hydroxylation is 1. The van der Waals surface area contributed by atoms with Gasteiger partial charge in [0.25, 0.3) is 5.91 Å². The molecule has 1 amide bonds. The van der Waals surface area contributed by atoms with Crippen LogP contribution < -0.4 is 10.1 Å². The van der Waals surface area contributed by atoms with E-state index in [2.05, 4.69) is 36.1 Å². The SMILES string of the molecule is CON=C(C(=O)Nc1cc(C(C)(C)C)nn1-c1cccc(C)c1)c1ccc(OCCN2CCOCC2)c2ccccc12. The summed E-state index contributed by atoms with van der Waals surface area (Å²) in [5.41, 5.74) is 3.39. The fourth-order valence-electron chi connectivity index (χ4n) is 4.99. The Hall–Kier alpha value is -4.21. The number of anilines is 1. The zero-order valence-corrected chi connectivity index (χ0v) is 25.0. The highest BCUT2D eigenvalue weighted by Gasteiger charge is 2.25. The molecule has 9 nitrogen and oxygen atoms in total. The molecule has 1 aliphatic heterocycles. The number of rotatable bonds is 9. The van der Waals surface area contributed by atoms with Crippen LogP contribution in [0.1, 0.15) is 37.6 Å². The van der Waals surface area contributed by atoms with E-state index in [4.69, 9.17) is 19.4 Å². The Balaban J connectivity index is 1.44. The first kappa shape index (κ1) is 29.3. The highest BCUT2D eigenvalue weighted by molar-refractivity contribution is 6.50. The molecule has 0 unspecified atom stereocenters. The first-order chi connectivity index (χ1) is 20.2. The van der Waals surface area contributed by atoms with E-state index < -0.39 is 5.91 Å². The number of hydrogen-bond donors (Lipinski definition) is 1. The van der Waals surface area contributed by atoms with Crippen LogP contribution >= 0.6 is 0 Å². The summed E-state index contributed by atoms with van der Waals surface area (Å²) in [4.78, 5) is 21.4. The first-order valence-electron chi connectivity index (χ1n) is 14.3. The molecule has 2 heterocycles. The Morgan fingerprint density at radius 2 is 1.79 bits per heavy atom. The summed E-state index contributed by atoms with van der Waals surface area (Å²) in [6.07, 6.45) is 0. The molecule has 9 heteroatoms. The van der Waals surface area contributed by atoms with Gasteiger partial charge in [-0.2, -0.15) is 5.10 Å². The quantitative estimate of drug-likeness (QED) is 0.216. The number of nitrogens with one attached hydrogen (secondary N) is 1. The summed E-state index contributed by atoms with van der Waals surface area (Å²) >= 11 is 0. The maximum Gasteiger partial charge on any atom is 0.279 e. The maximum atomic E-state index is 13.9. The van der Waals surface area contributed by atoms with E-state index in [1.54, 1.807) is 4.68 Å². The molecular formula is C33H39N5O4. The van der Waals surface area contributed by atoms with Crippen molar-refractivity contribution in [1.82, 2.24) is 14.7 Å². The molecule has 0 aliphatic carbocycles. The number of amides is 1. The van der Waals surface area contributed by atoms with Gasteiger partial charge in [0.2, 0.25) is 0 Å². The topological polar surface area (TPSA) is 90.2 Å². The smallest absolute Gasteiger partial charge is 0.279 e. The molecule has 1 fully saturated rings. The molecule has 0 saturated carbocycles. The van der Waals surface area contributed by atoms with Crippen LogP contribution in [-0.2, 0) is 19.8 Å². The fraction of sp³-hybridized carbons (Fsp3) is 0.364. The second-order valence-electron chi connectivity index (χ2n) is 11.5. The Morgan fingerprint density at radius 3 is 2.50 bits per heavy atom. The molecular weight excluding hydrogens is 530 g/mol. The van der Waals surface area contributed by atoms with Crippen LogP contribution in [0.25, 0.3) is 16.5 Å². The monoisotopic (exact) mass is 569 g/mol. The minimum atomic E-state index is -0.405. The number of benzene rings is 3. The van der Waals surface area contributed by atoms with Gasteiger partial charge in [0, 0.05) is 42.1 Å². The van der Waals surface area contributed by atoms with Crippen LogP contribution in [0.5, 0.6) is 5.75 Å². The minimum Gasteiger partial charge on any atom is -0.492 e. The molecule has 0 bridgehead atoms. The summed E-state index contributed by atoms with van der Waals surface area (Å²) in [6, 6.07) is 21.5. The van der Waals surface area contributed by atoms with Crippen molar-refractivity contribution in [3.05, 3.63) is 83.6 Å². The highest BCUT2D eigenvalue weighted by atomic mass is 16.6. The fourth-order valence-corrected chi connectivity index (χ4v) is 4.99. The van der Waals surface area contributed by atoms with E-state index in [0.29, 0.717) is 18.0 Å². The maximum absolute atomic E-state index is 13.9. The van der Waals surface area contributed by atoms with Gasteiger partial charge < -0.3 is 19.6 Å². The van der Waals surface area contributed by atoms with Crippen molar-refractivity contribution in [2.45, 2.75) is 33.1 Å². The predicted octanol–water partition coefficient (Wildman–Crippen LogP) is 5.33. The van der Waals surface area contributed by atoms with Crippen molar-refractivity contribution < 1.29 is 19.1 Å². The third-order valence-corrected chi connectivity index (χ3v) is 7.27. The summed E-state index contributed by atoms with van der Waals surface area (Å²) in [5, 5.41) is 13.8. The Kier molecular flexibility index (Phi) is 8.89. The number of aromatic nitrogens is 2. The molecule has 220 valence electrons. The molecule has 0 atom stereocenters. The van der Waals surface area contributed by atoms with Crippen molar-refractivity contribution in [2.24, 2.45) is 5.16 Å². The van der Waals surface area contributed by atoms with Gasteiger partial charge in [-0.15, -0.1) is 0 Å². The molecule has 0 spiro atoms. The van der Waals surface area contributed by atoms with Crippen molar-refractivity contribution >= 4 is 28.2 Å². The minimum absolute atomic E-state index is 0.155. The van der Waals surface area contributed by atoms with Gasteiger partial charge >= 0.3 is 0 Å². The second kappa shape index (κ2) is 12.8. The average molecular weight is 570 g/mol. The van der Waals surface area contributed by atoms with E-state index >= 15 is 0 Å². The van der Waals surface area contributed by atoms with E-state index in [1.807, 2.05) is 73.7 Å². The number of oxime groups is 1. The molecule has 3 aromatic carbocycles. The van der Waals surface area contributed by atoms with Crippen molar-refractivity contribution in [3.8, 4) is 11.4 Å². The number of morpholine rings is 1. The van der Waals surface area contributed by atoms with Gasteiger partial charge in [-0.3, -0.25) is 9.69 Å². The largest absolute Gasteiger partial charge is 0.492 e. The third-order valence-electron chi connectivity index (χ3n) is 7.27. The number of carbonyl (C=O) groups excluding carboxylic acids is 1. The number of nitrogens with zero attached hydrogens (tertiary/aromatic N) is 4. The van der Waals surface area contributed by atoms with Crippen molar-refractivity contribution in [3.63, 3.8) is 0 Å². The Labute approximate surface area is 247 Å². The van der Waals surface area contributed by atoms with Crippen molar-refractivity contribution in [1.29, 1.82) is 0 Å². The molecule has 1 aromatic heterocycles. The first-order valence-corrected chi connectivity index (χ1v) is 14.3. The van der Waals surface area contributed by atoms with Gasteiger partial charge in [0.1, 0.15) is 25.3 Å². The van der Waals surface area contributed by atoms with Gasteiger partial charge in [-0.25, -0.2) is 4.68 Å². The van der Waals surface area contributed by atoms with E-state index in [-0.39, 0.29) is 11.1 Å². The van der Waals surface area contributed by atoms with Gasteiger partial charge in [-0.05, 0) is 42.1 Å². The van der Waals surface area contributed by atoms with E-state index in [0.717, 1.165) is 66.3 Å². The molecule has 4 aromatic rings. The van der Waals surface area contributed by atoms with Crippen LogP contribution in [-0.4, -0.2) is 72.9 Å². The molecule has 5 rings (SSSR count). The summed E-state index contributed by atoms with van der Waals surface area (Å²) in [7, 11) is 1.44. The number of carbonyl (C=O) groups is 1. The highest BCUT2D eigenvalue weighted by Crippen LogP contribution is 2.30. The van der Waals surface area contributed by atoms with Crippen LogP contribution in [0.4, 0.5) is 5.82 Å². The average Bonchev–Trinajstić information content (AvgIpc) is 3.41. The molecule has 42 heavy (non-hydrogen) atoms. The number of fused-ring (bicyclic) bond motifs is 1. The van der Waals surface area contributed by atoms with Crippen LogP contribution in [0.3, 0.4) is 0 Å². The predicted molar refractivity (Wildman–Crippen MR) is 166 cm³/mol. The zero-order chi connectivity index (χ0) is 29.7. The summed E-state index contributed by atoms with van der Waals surface area (Å²) < 4.78 is 13.4. The van der Waals surface area contributed by atoms with Crippen LogP contribution in [0.2, 0.25) is 0 Å². The lowest BCUT2D eigenvalue weighted by atomic mass is 9.92. The number of hydrogen-bond acceptors (Lipinski definition) is 7. The molecule has 1 saturated heterocycles. The van der Waals surface area contributed by atoms with Crippen LogP contribution in [0.15, 0.2) is 71.9 Å². The normalized spacial score (nSPS) is 14.6. The third kappa shape index (κ3) is 6.64. The molecule has 1 aliphatic rings. The standard InChI is InChI=1S/C33H39N5O4/c1-23-9-8-10-24(21-23)38-30(22-29(35-38)33(2,3)4)34-32(39)31(36-40-5)27-13-14-28(26-12-7-6-11-25(26)27)42-20-17-37-15-18-41-19-16-37/h6-14,21-22H,15-20H2,1-5H3,(H,34,39).